The fourth-order valence-corrected chi connectivity index (χ4v) is 15.1. The maximum absolute atomic E-state index is 6.14. The van der Waals surface area contributed by atoms with Crippen molar-refractivity contribution in [3.8, 4) is 0 Å². The maximum atomic E-state index is 6.14. The molecule has 0 fully saturated rings. The van der Waals surface area contributed by atoms with Crippen LogP contribution < -0.4 is 10.4 Å². The Balaban J connectivity index is 2.45. The van der Waals surface area contributed by atoms with Gasteiger partial charge in [-0.25, -0.2) is 0 Å². The van der Waals surface area contributed by atoms with Crippen molar-refractivity contribution in [1.82, 2.24) is 0 Å². The Morgan fingerprint density at radius 1 is 0.762 bits per heavy atom. The lowest BCUT2D eigenvalue weighted by molar-refractivity contribution is 0.332. The van der Waals surface area contributed by atoms with Crippen molar-refractivity contribution in [2.45, 2.75) is 32.2 Å². The molecule has 1 nitrogen and oxygen atoms in total. The molecule has 0 aromatic heterocycles. The van der Waals surface area contributed by atoms with Crippen molar-refractivity contribution in [3.05, 3.63) is 60.7 Å². The number of hydrogen-bond acceptors (Lipinski definition) is 1. The van der Waals surface area contributed by atoms with Crippen LogP contribution >= 0.6 is 0 Å². The highest BCUT2D eigenvalue weighted by Gasteiger charge is 2.39. The van der Waals surface area contributed by atoms with Crippen molar-refractivity contribution in [3.63, 3.8) is 0 Å². The summed E-state index contributed by atoms with van der Waals surface area (Å²) < 4.78 is 6.14. The van der Waals surface area contributed by atoms with E-state index in [0.717, 1.165) is 6.61 Å². The monoisotopic (exact) mass is 314 g/mol. The summed E-state index contributed by atoms with van der Waals surface area (Å²) in [5, 5.41) is 3.02. The maximum Gasteiger partial charge on any atom is 0.184 e. The van der Waals surface area contributed by atoms with E-state index in [1.165, 1.54) is 16.0 Å². The minimum atomic E-state index is -1.74. The average Bonchev–Trinajstić information content (AvgIpc) is 2.48. The van der Waals surface area contributed by atoms with Gasteiger partial charge in [0.05, 0.1) is 0 Å². The zero-order chi connectivity index (χ0) is 15.3. The van der Waals surface area contributed by atoms with E-state index in [-0.39, 0.29) is 0 Å². The Morgan fingerprint density at radius 2 is 1.19 bits per heavy atom. The number of benzene rings is 2. The topological polar surface area (TPSA) is 9.23 Å². The molecule has 0 aliphatic rings. The second kappa shape index (κ2) is 6.73. The average molecular weight is 315 g/mol. The zero-order valence-corrected chi connectivity index (χ0v) is 15.6. The molecule has 3 heteroatoms. The van der Waals surface area contributed by atoms with Crippen molar-refractivity contribution in [1.29, 1.82) is 0 Å². The molecule has 2 rings (SSSR count). The first kappa shape index (κ1) is 16.2. The molecule has 0 radical (unpaired) electrons. The van der Waals surface area contributed by atoms with Gasteiger partial charge in [0, 0.05) is 6.61 Å². The van der Waals surface area contributed by atoms with Crippen LogP contribution in [0.3, 0.4) is 0 Å². The van der Waals surface area contributed by atoms with E-state index in [0.29, 0.717) is 0 Å². The molecule has 0 saturated heterocycles. The first-order valence-corrected chi connectivity index (χ1v) is 13.6. The Morgan fingerprint density at radius 3 is 1.57 bits per heavy atom. The lowest BCUT2D eigenvalue weighted by atomic mass is 10.4. The molecule has 0 spiro atoms. The second-order valence-electron chi connectivity index (χ2n) is 6.43. The third-order valence-electron chi connectivity index (χ3n) is 4.14. The summed E-state index contributed by atoms with van der Waals surface area (Å²) in [5.74, 6) is 0. The molecule has 0 amide bonds. The Bertz CT molecular complexity index is 512. The quantitative estimate of drug-likeness (QED) is 0.739. The standard InChI is InChI=1S/C18H26OSi2/c1-5-19-20(2,3)16-21(4,17-12-8-6-9-13-17)18-14-10-7-11-15-18/h6-15H,5,16H2,1-4H3. The zero-order valence-electron chi connectivity index (χ0n) is 13.6. The largest absolute Gasteiger partial charge is 0.418 e. The van der Waals surface area contributed by atoms with E-state index < -0.39 is 16.4 Å². The lowest BCUT2D eigenvalue weighted by Gasteiger charge is -2.35. The van der Waals surface area contributed by atoms with E-state index in [1.54, 1.807) is 0 Å². The molecule has 0 bridgehead atoms. The van der Waals surface area contributed by atoms with Crippen LogP contribution in [-0.2, 0) is 4.43 Å². The van der Waals surface area contributed by atoms with Crippen molar-refractivity contribution < 1.29 is 4.43 Å². The van der Waals surface area contributed by atoms with Gasteiger partial charge in [0.15, 0.2) is 8.32 Å². The summed E-state index contributed by atoms with van der Waals surface area (Å²) in [6.07, 6.45) is 0. The first-order valence-electron chi connectivity index (χ1n) is 7.73. The summed E-state index contributed by atoms with van der Waals surface area (Å²) in [4.78, 5) is 0. The predicted molar refractivity (Wildman–Crippen MR) is 97.7 cm³/mol. The van der Waals surface area contributed by atoms with Crippen LogP contribution in [0.2, 0.25) is 25.3 Å². The van der Waals surface area contributed by atoms with Crippen molar-refractivity contribution in [2.24, 2.45) is 0 Å². The molecule has 0 N–H and O–H groups in total. The molecule has 0 atom stereocenters. The highest BCUT2D eigenvalue weighted by molar-refractivity contribution is 7.08. The molecule has 2 aromatic carbocycles. The van der Waals surface area contributed by atoms with Crippen LogP contribution in [0.4, 0.5) is 0 Å². The Labute approximate surface area is 131 Å². The van der Waals surface area contributed by atoms with Gasteiger partial charge in [-0.05, 0) is 25.7 Å². The third kappa shape index (κ3) is 3.93. The van der Waals surface area contributed by atoms with E-state index in [4.69, 9.17) is 4.43 Å². The number of rotatable bonds is 6. The van der Waals surface area contributed by atoms with E-state index in [9.17, 15) is 0 Å². The van der Waals surface area contributed by atoms with Gasteiger partial charge >= 0.3 is 0 Å². The molecule has 0 aliphatic carbocycles. The van der Waals surface area contributed by atoms with Gasteiger partial charge in [-0.1, -0.05) is 77.6 Å². The van der Waals surface area contributed by atoms with E-state index >= 15 is 0 Å². The molecular weight excluding hydrogens is 288 g/mol. The van der Waals surface area contributed by atoms with Gasteiger partial charge in [-0.2, -0.15) is 0 Å². The SMILES string of the molecule is CCO[Si](C)(C)C[Si](C)(c1ccccc1)c1ccccc1. The minimum Gasteiger partial charge on any atom is -0.418 e. The van der Waals surface area contributed by atoms with Gasteiger partial charge in [0.2, 0.25) is 0 Å². The summed E-state index contributed by atoms with van der Waals surface area (Å²) >= 11 is 0. The third-order valence-corrected chi connectivity index (χ3v) is 14.7. The summed E-state index contributed by atoms with van der Waals surface area (Å²) in [6.45, 7) is 10.1. The summed E-state index contributed by atoms with van der Waals surface area (Å²) in [6, 6.07) is 22.1. The van der Waals surface area contributed by atoms with Crippen LogP contribution in [0, 0.1) is 0 Å². The molecule has 0 aliphatic heterocycles. The fourth-order valence-electron chi connectivity index (χ4n) is 3.28. The molecule has 21 heavy (non-hydrogen) atoms. The molecule has 0 heterocycles. The smallest absolute Gasteiger partial charge is 0.184 e. The summed E-state index contributed by atoms with van der Waals surface area (Å²) in [7, 11) is -3.38. The Hall–Kier alpha value is -1.17. The molecular formula is C18H26OSi2. The van der Waals surface area contributed by atoms with Gasteiger partial charge in [0.1, 0.15) is 8.07 Å². The molecule has 0 saturated carbocycles. The Kier molecular flexibility index (Phi) is 5.19. The fraction of sp³-hybridized carbons (Fsp3) is 0.333. The minimum absolute atomic E-state index is 0.827. The molecule has 2 aromatic rings. The van der Waals surface area contributed by atoms with Crippen molar-refractivity contribution >= 4 is 26.8 Å². The lowest BCUT2D eigenvalue weighted by Crippen LogP contribution is -2.60. The molecule has 0 unspecified atom stereocenters. The van der Waals surface area contributed by atoms with E-state index in [1.807, 2.05) is 0 Å². The highest BCUT2D eigenvalue weighted by atomic mass is 28.4. The van der Waals surface area contributed by atoms with Gasteiger partial charge < -0.3 is 4.43 Å². The number of hydrogen-bond donors (Lipinski definition) is 0. The summed E-state index contributed by atoms with van der Waals surface area (Å²) in [5.41, 5.74) is 1.22. The highest BCUT2D eigenvalue weighted by Crippen LogP contribution is 2.21. The van der Waals surface area contributed by atoms with Crippen LogP contribution in [0.15, 0.2) is 60.7 Å². The van der Waals surface area contributed by atoms with Gasteiger partial charge in [-0.3, -0.25) is 0 Å². The second-order valence-corrected chi connectivity index (χ2v) is 15.5. The normalized spacial score (nSPS) is 12.4. The van der Waals surface area contributed by atoms with Crippen LogP contribution in [0.1, 0.15) is 6.92 Å². The van der Waals surface area contributed by atoms with Gasteiger partial charge in [-0.15, -0.1) is 0 Å². The van der Waals surface area contributed by atoms with Crippen LogP contribution in [0.5, 0.6) is 0 Å². The van der Waals surface area contributed by atoms with Crippen molar-refractivity contribution in [2.75, 3.05) is 6.61 Å². The van der Waals surface area contributed by atoms with Gasteiger partial charge in [0.25, 0.3) is 0 Å². The van der Waals surface area contributed by atoms with Crippen LogP contribution in [0.25, 0.3) is 0 Å². The van der Waals surface area contributed by atoms with Crippen LogP contribution in [-0.4, -0.2) is 23.0 Å². The van der Waals surface area contributed by atoms with E-state index in [2.05, 4.69) is 87.2 Å². The first-order chi connectivity index (χ1) is 9.98. The predicted octanol–water partition coefficient (Wildman–Crippen LogP) is 3.66. The molecule has 112 valence electrons.